The Hall–Kier alpha value is -4.16. The van der Waals surface area contributed by atoms with Crippen LogP contribution in [0.3, 0.4) is 0 Å². The van der Waals surface area contributed by atoms with Gasteiger partial charge in [-0.1, -0.05) is 0 Å². The molecule has 0 saturated carbocycles. The van der Waals surface area contributed by atoms with Crippen LogP contribution >= 0.6 is 0 Å². The molecule has 39 heavy (non-hydrogen) atoms. The number of aryl methyl sites for hydroxylation is 1. The molecule has 9 nitrogen and oxygen atoms in total. The number of likely N-dealkylation sites (N-methyl/N-ethyl adjacent to an activating group) is 1. The molecule has 0 radical (unpaired) electrons. The molecule has 2 aromatic heterocycles. The number of rotatable bonds is 11. The van der Waals surface area contributed by atoms with Crippen LogP contribution in [-0.4, -0.2) is 72.7 Å². The van der Waals surface area contributed by atoms with E-state index in [9.17, 15) is 13.6 Å². The summed E-state index contributed by atoms with van der Waals surface area (Å²) in [4.78, 5) is 23.1. The molecule has 0 fully saturated rings. The average Bonchev–Trinajstić information content (AvgIpc) is 3.32. The number of fused-ring (bicyclic) bond motifs is 1. The lowest BCUT2D eigenvalue weighted by molar-refractivity contribution is 0.0896. The zero-order valence-electron chi connectivity index (χ0n) is 22.0. The van der Waals surface area contributed by atoms with E-state index in [1.54, 1.807) is 19.2 Å². The molecule has 0 atom stereocenters. The molecule has 2 N–H and O–H groups in total. The number of halogens is 3. The molecular weight excluding hydrogens is 513 g/mol. The molecule has 2 heterocycles. The minimum absolute atomic E-state index is 0.0155. The van der Waals surface area contributed by atoms with Gasteiger partial charge in [-0.05, 0) is 50.8 Å². The number of nitrogens with one attached hydrogen (secondary N) is 2. The van der Waals surface area contributed by atoms with Gasteiger partial charge in [0.05, 0.1) is 37.8 Å². The number of aromatic nitrogens is 3. The maximum atomic E-state index is 15.0. The topological polar surface area (TPSA) is 93.0 Å². The second-order valence-corrected chi connectivity index (χ2v) is 9.00. The standard InChI is InChI=1S/C27H29F3N6O3/c1-16-13-17(14-19(28)22(16)27(37)32-8-11-39-12-10-35(2)3)34-25-26-33-15-20(36(26)9-7-31-25)18-5-6-21(38-4)24(30)23(18)29/h5-7,9,13-15H,8,10-12H2,1-4H3,(H,31,34)(H,32,37). The summed E-state index contributed by atoms with van der Waals surface area (Å²) in [5.74, 6) is -3.39. The fourth-order valence-electron chi connectivity index (χ4n) is 4.01. The lowest BCUT2D eigenvalue weighted by Gasteiger charge is -2.13. The molecule has 0 aliphatic carbocycles. The summed E-state index contributed by atoms with van der Waals surface area (Å²) in [5, 5.41) is 5.67. The van der Waals surface area contributed by atoms with E-state index in [-0.39, 0.29) is 34.9 Å². The van der Waals surface area contributed by atoms with Crippen molar-refractivity contribution in [2.75, 3.05) is 52.8 Å². The van der Waals surface area contributed by atoms with Crippen LogP contribution in [0.2, 0.25) is 0 Å². The third kappa shape index (κ3) is 6.13. The SMILES string of the molecule is COc1ccc(-c2cnc3c(Nc4cc(C)c(C(=O)NCCOCCN(C)C)c(F)c4)nccn23)c(F)c1F. The van der Waals surface area contributed by atoms with E-state index in [0.717, 1.165) is 6.54 Å². The highest BCUT2D eigenvalue weighted by atomic mass is 19.2. The molecule has 4 rings (SSSR count). The van der Waals surface area contributed by atoms with Crippen molar-refractivity contribution in [2.24, 2.45) is 0 Å². The molecule has 4 aromatic rings. The molecule has 0 saturated heterocycles. The number of hydrogen-bond donors (Lipinski definition) is 2. The monoisotopic (exact) mass is 542 g/mol. The second kappa shape index (κ2) is 12.1. The molecule has 2 aromatic carbocycles. The average molecular weight is 543 g/mol. The Labute approximate surface area is 223 Å². The summed E-state index contributed by atoms with van der Waals surface area (Å²) >= 11 is 0. The first-order chi connectivity index (χ1) is 18.7. The number of benzene rings is 2. The highest BCUT2D eigenvalue weighted by Gasteiger charge is 2.20. The van der Waals surface area contributed by atoms with E-state index in [4.69, 9.17) is 9.47 Å². The largest absolute Gasteiger partial charge is 0.494 e. The number of imidazole rings is 1. The van der Waals surface area contributed by atoms with Gasteiger partial charge in [0, 0.05) is 36.7 Å². The van der Waals surface area contributed by atoms with E-state index in [1.165, 1.54) is 42.1 Å². The Morgan fingerprint density at radius 2 is 1.90 bits per heavy atom. The number of carbonyl (C=O) groups excluding carboxylic acids is 1. The van der Waals surface area contributed by atoms with Crippen LogP contribution in [0.15, 0.2) is 42.9 Å². The molecule has 0 unspecified atom stereocenters. The third-order valence-corrected chi connectivity index (χ3v) is 5.96. The lowest BCUT2D eigenvalue weighted by Crippen LogP contribution is -2.29. The number of carbonyl (C=O) groups is 1. The van der Waals surface area contributed by atoms with Gasteiger partial charge in [-0.2, -0.15) is 4.39 Å². The Kier molecular flexibility index (Phi) is 8.67. The Morgan fingerprint density at radius 3 is 2.62 bits per heavy atom. The van der Waals surface area contributed by atoms with Crippen molar-refractivity contribution in [1.82, 2.24) is 24.6 Å². The van der Waals surface area contributed by atoms with Crippen molar-refractivity contribution in [3.05, 3.63) is 71.4 Å². The maximum Gasteiger partial charge on any atom is 0.254 e. The first-order valence-corrected chi connectivity index (χ1v) is 12.1. The quantitative estimate of drug-likeness (QED) is 0.275. The van der Waals surface area contributed by atoms with Crippen LogP contribution in [0.25, 0.3) is 16.9 Å². The number of anilines is 2. The highest BCUT2D eigenvalue weighted by Crippen LogP contribution is 2.31. The summed E-state index contributed by atoms with van der Waals surface area (Å²) in [6.07, 6.45) is 4.38. The van der Waals surface area contributed by atoms with Crippen LogP contribution in [0.5, 0.6) is 5.75 Å². The van der Waals surface area contributed by atoms with Crippen LogP contribution in [0, 0.1) is 24.4 Å². The predicted molar refractivity (Wildman–Crippen MR) is 141 cm³/mol. The summed E-state index contributed by atoms with van der Waals surface area (Å²) in [5.41, 5.74) is 1.25. The van der Waals surface area contributed by atoms with Gasteiger partial charge in [0.15, 0.2) is 23.0 Å². The number of nitrogens with zero attached hydrogens (tertiary/aromatic N) is 4. The molecule has 206 valence electrons. The lowest BCUT2D eigenvalue weighted by atomic mass is 10.1. The van der Waals surface area contributed by atoms with Gasteiger partial charge in [-0.3, -0.25) is 9.20 Å². The minimum atomic E-state index is -1.11. The smallest absolute Gasteiger partial charge is 0.254 e. The normalized spacial score (nSPS) is 11.3. The fourth-order valence-corrected chi connectivity index (χ4v) is 4.01. The van der Waals surface area contributed by atoms with Gasteiger partial charge in [-0.15, -0.1) is 0 Å². The summed E-state index contributed by atoms with van der Waals surface area (Å²) < 4.78 is 55.8. The third-order valence-electron chi connectivity index (χ3n) is 5.96. The molecule has 0 aliphatic heterocycles. The van der Waals surface area contributed by atoms with E-state index in [1.807, 2.05) is 19.0 Å². The van der Waals surface area contributed by atoms with Gasteiger partial charge < -0.3 is 25.0 Å². The summed E-state index contributed by atoms with van der Waals surface area (Å²) in [7, 11) is 5.12. The Morgan fingerprint density at radius 1 is 1.10 bits per heavy atom. The molecule has 0 bridgehead atoms. The zero-order valence-corrected chi connectivity index (χ0v) is 22.0. The van der Waals surface area contributed by atoms with Crippen molar-refractivity contribution in [1.29, 1.82) is 0 Å². The van der Waals surface area contributed by atoms with E-state index >= 15 is 4.39 Å². The Bertz CT molecular complexity index is 1470. The first kappa shape index (κ1) is 27.9. The number of hydrogen-bond acceptors (Lipinski definition) is 7. The predicted octanol–water partition coefficient (Wildman–Crippen LogP) is 4.18. The molecule has 12 heteroatoms. The van der Waals surface area contributed by atoms with Crippen LogP contribution < -0.4 is 15.4 Å². The number of ether oxygens (including phenoxy) is 2. The zero-order chi connectivity index (χ0) is 28.1. The molecule has 1 amide bonds. The van der Waals surface area contributed by atoms with Gasteiger partial charge >= 0.3 is 0 Å². The van der Waals surface area contributed by atoms with Gasteiger partial charge in [0.1, 0.15) is 5.82 Å². The van der Waals surface area contributed by atoms with Gasteiger partial charge in [0.25, 0.3) is 5.91 Å². The van der Waals surface area contributed by atoms with Crippen molar-refractivity contribution >= 4 is 23.1 Å². The van der Waals surface area contributed by atoms with Gasteiger partial charge in [-0.25, -0.2) is 18.7 Å². The van der Waals surface area contributed by atoms with Crippen molar-refractivity contribution in [3.8, 4) is 17.0 Å². The van der Waals surface area contributed by atoms with E-state index in [2.05, 4.69) is 20.6 Å². The van der Waals surface area contributed by atoms with Crippen molar-refractivity contribution in [2.45, 2.75) is 6.92 Å². The molecule has 0 spiro atoms. The first-order valence-electron chi connectivity index (χ1n) is 12.1. The summed E-state index contributed by atoms with van der Waals surface area (Å²) in [6, 6.07) is 5.52. The van der Waals surface area contributed by atoms with E-state index in [0.29, 0.717) is 30.1 Å². The van der Waals surface area contributed by atoms with Crippen LogP contribution in [-0.2, 0) is 4.74 Å². The maximum absolute atomic E-state index is 15.0. The summed E-state index contributed by atoms with van der Waals surface area (Å²) in [6.45, 7) is 3.48. The molecular formula is C27H29F3N6O3. The Balaban J connectivity index is 1.51. The second-order valence-electron chi connectivity index (χ2n) is 9.00. The highest BCUT2D eigenvalue weighted by molar-refractivity contribution is 5.96. The minimum Gasteiger partial charge on any atom is -0.494 e. The van der Waals surface area contributed by atoms with Crippen molar-refractivity contribution in [3.63, 3.8) is 0 Å². The van der Waals surface area contributed by atoms with Crippen LogP contribution in [0.1, 0.15) is 15.9 Å². The van der Waals surface area contributed by atoms with Gasteiger partial charge in [0.2, 0.25) is 5.82 Å². The van der Waals surface area contributed by atoms with Crippen molar-refractivity contribution < 1.29 is 27.4 Å². The fraction of sp³-hybridized carbons (Fsp3) is 0.296. The number of amides is 1. The molecule has 0 aliphatic rings. The van der Waals surface area contributed by atoms with E-state index < -0.39 is 23.4 Å². The van der Waals surface area contributed by atoms with Crippen LogP contribution in [0.4, 0.5) is 24.7 Å². The number of methoxy groups -OCH3 is 1.